The number of rotatable bonds is 4. The lowest BCUT2D eigenvalue weighted by Crippen LogP contribution is -2.19. The van der Waals surface area contributed by atoms with E-state index in [1.54, 1.807) is 32.9 Å². The molecule has 0 N–H and O–H groups in total. The molecule has 0 fully saturated rings. The summed E-state index contributed by atoms with van der Waals surface area (Å²) >= 11 is 0. The van der Waals surface area contributed by atoms with E-state index in [1.807, 2.05) is 0 Å². The van der Waals surface area contributed by atoms with E-state index in [0.717, 1.165) is 0 Å². The van der Waals surface area contributed by atoms with Crippen LogP contribution in [-0.2, 0) is 11.0 Å². The number of benzene rings is 1. The first kappa shape index (κ1) is 16.7. The number of nitrogens with zero attached hydrogens (tertiary/aromatic N) is 1. The lowest BCUT2D eigenvalue weighted by Gasteiger charge is -2.12. The van der Waals surface area contributed by atoms with E-state index in [4.69, 9.17) is 0 Å². The molecule has 0 radical (unpaired) electrons. The van der Waals surface area contributed by atoms with Gasteiger partial charge in [0, 0.05) is 6.21 Å². The molecule has 0 heterocycles. The molecule has 0 saturated carbocycles. The highest BCUT2D eigenvalue weighted by Crippen LogP contribution is 2.19. The van der Waals surface area contributed by atoms with Gasteiger partial charge in [0.15, 0.2) is 6.61 Å². The van der Waals surface area contributed by atoms with Gasteiger partial charge in [-0.1, -0.05) is 12.1 Å². The SMILES string of the molecule is CC(C)(C)[S@](=O)N=Cc1cccc(OCC(F)(F)F)c1. The summed E-state index contributed by atoms with van der Waals surface area (Å²) in [6.45, 7) is 4.00. The van der Waals surface area contributed by atoms with Crippen molar-refractivity contribution in [3.8, 4) is 5.75 Å². The molecule has 20 heavy (non-hydrogen) atoms. The van der Waals surface area contributed by atoms with E-state index in [0.29, 0.717) is 5.56 Å². The van der Waals surface area contributed by atoms with Crippen molar-refractivity contribution in [3.63, 3.8) is 0 Å². The van der Waals surface area contributed by atoms with Crippen LogP contribution in [0.2, 0.25) is 0 Å². The van der Waals surface area contributed by atoms with Crippen molar-refractivity contribution < 1.29 is 22.1 Å². The number of hydrogen-bond donors (Lipinski definition) is 0. The Morgan fingerprint density at radius 1 is 1.30 bits per heavy atom. The number of hydrogen-bond acceptors (Lipinski definition) is 2. The number of alkyl halides is 3. The first-order valence-corrected chi connectivity index (χ1v) is 6.94. The van der Waals surface area contributed by atoms with Crippen LogP contribution in [-0.4, -0.2) is 28.0 Å². The summed E-state index contributed by atoms with van der Waals surface area (Å²) in [5.41, 5.74) is 0.530. The van der Waals surface area contributed by atoms with Crippen LogP contribution in [0.4, 0.5) is 13.2 Å². The highest BCUT2D eigenvalue weighted by atomic mass is 32.2. The van der Waals surface area contributed by atoms with Crippen molar-refractivity contribution in [2.24, 2.45) is 4.40 Å². The van der Waals surface area contributed by atoms with Crippen LogP contribution in [0.15, 0.2) is 28.7 Å². The van der Waals surface area contributed by atoms with Gasteiger partial charge in [0.1, 0.15) is 16.7 Å². The second kappa shape index (κ2) is 6.39. The second-order valence-corrected chi connectivity index (χ2v) is 7.01. The van der Waals surface area contributed by atoms with Crippen LogP contribution in [0.3, 0.4) is 0 Å². The fraction of sp³-hybridized carbons (Fsp3) is 0.462. The maximum atomic E-state index is 12.0. The van der Waals surface area contributed by atoms with Gasteiger partial charge in [0.2, 0.25) is 0 Å². The number of halogens is 3. The van der Waals surface area contributed by atoms with Gasteiger partial charge >= 0.3 is 6.18 Å². The lowest BCUT2D eigenvalue weighted by molar-refractivity contribution is -0.153. The van der Waals surface area contributed by atoms with Gasteiger partial charge in [0.05, 0.1) is 4.75 Å². The molecule has 1 atom stereocenters. The van der Waals surface area contributed by atoms with Crippen molar-refractivity contribution in [1.82, 2.24) is 0 Å². The molecule has 0 saturated heterocycles. The second-order valence-electron chi connectivity index (χ2n) is 5.07. The Morgan fingerprint density at radius 3 is 2.50 bits per heavy atom. The summed E-state index contributed by atoms with van der Waals surface area (Å²) in [6.07, 6.45) is -3.01. The minimum absolute atomic E-state index is 0.0906. The molecular weight excluding hydrogens is 291 g/mol. The van der Waals surface area contributed by atoms with Gasteiger partial charge in [-0.25, -0.2) is 4.21 Å². The van der Waals surface area contributed by atoms with Crippen LogP contribution in [0.5, 0.6) is 5.75 Å². The van der Waals surface area contributed by atoms with Crippen molar-refractivity contribution >= 4 is 17.2 Å². The monoisotopic (exact) mass is 307 g/mol. The van der Waals surface area contributed by atoms with Gasteiger partial charge in [-0.2, -0.15) is 17.6 Å². The Hall–Kier alpha value is -1.37. The minimum atomic E-state index is -4.38. The summed E-state index contributed by atoms with van der Waals surface area (Å²) < 4.78 is 55.8. The Bertz CT molecular complexity index is 507. The average Bonchev–Trinajstić information content (AvgIpc) is 2.32. The molecule has 0 unspecified atom stereocenters. The third-order valence-corrected chi connectivity index (χ3v) is 3.43. The molecule has 7 heteroatoms. The minimum Gasteiger partial charge on any atom is -0.484 e. The Morgan fingerprint density at radius 2 is 1.95 bits per heavy atom. The summed E-state index contributed by atoms with van der Waals surface area (Å²) in [5, 5.41) is 0. The smallest absolute Gasteiger partial charge is 0.422 e. The zero-order valence-corrected chi connectivity index (χ0v) is 12.2. The molecule has 1 aromatic rings. The first-order chi connectivity index (χ1) is 9.08. The third-order valence-electron chi connectivity index (χ3n) is 2.08. The fourth-order valence-corrected chi connectivity index (χ4v) is 1.65. The third kappa shape index (κ3) is 6.18. The fourth-order valence-electron chi connectivity index (χ4n) is 1.12. The van der Waals surface area contributed by atoms with E-state index in [9.17, 15) is 17.4 Å². The van der Waals surface area contributed by atoms with Gasteiger partial charge in [0.25, 0.3) is 0 Å². The predicted octanol–water partition coefficient (Wildman–Crippen LogP) is 3.51. The molecule has 1 aromatic carbocycles. The molecule has 1 rings (SSSR count). The largest absolute Gasteiger partial charge is 0.484 e. The quantitative estimate of drug-likeness (QED) is 0.798. The summed E-state index contributed by atoms with van der Waals surface area (Å²) in [6, 6.07) is 6.02. The highest BCUT2D eigenvalue weighted by molar-refractivity contribution is 7.85. The van der Waals surface area contributed by atoms with Crippen molar-refractivity contribution in [2.75, 3.05) is 6.61 Å². The summed E-state index contributed by atoms with van der Waals surface area (Å²) in [5.74, 6) is 0.0906. The van der Waals surface area contributed by atoms with Gasteiger partial charge in [-0.05, 0) is 38.5 Å². The number of ether oxygens (including phenoxy) is 1. The van der Waals surface area contributed by atoms with Gasteiger partial charge in [-0.3, -0.25) is 0 Å². The standard InChI is InChI=1S/C13H16F3NO2S/c1-12(2,3)20(18)17-8-10-5-4-6-11(7-10)19-9-13(14,15)16/h4-8H,9H2,1-3H3/t20-/m0/s1. The highest BCUT2D eigenvalue weighted by Gasteiger charge is 2.28. The van der Waals surface area contributed by atoms with Gasteiger partial charge in [-0.15, -0.1) is 0 Å². The molecule has 3 nitrogen and oxygen atoms in total. The molecule has 112 valence electrons. The Kier molecular flexibility index (Phi) is 5.33. The zero-order chi connectivity index (χ0) is 15.4. The molecule has 0 spiro atoms. The molecule has 0 aliphatic rings. The van der Waals surface area contributed by atoms with Crippen molar-refractivity contribution in [3.05, 3.63) is 29.8 Å². The maximum absolute atomic E-state index is 12.0. The normalized spacial score (nSPS) is 14.5. The molecule has 0 amide bonds. The molecule has 0 aliphatic heterocycles. The van der Waals surface area contributed by atoms with Crippen molar-refractivity contribution in [1.29, 1.82) is 0 Å². The topological polar surface area (TPSA) is 38.7 Å². The lowest BCUT2D eigenvalue weighted by atomic mass is 10.2. The molecular formula is C13H16F3NO2S. The van der Waals surface area contributed by atoms with E-state index >= 15 is 0 Å². The van der Waals surface area contributed by atoms with Gasteiger partial charge < -0.3 is 4.74 Å². The first-order valence-electron chi connectivity index (χ1n) is 5.83. The molecule has 0 aromatic heterocycles. The predicted molar refractivity (Wildman–Crippen MR) is 73.5 cm³/mol. The Balaban J connectivity index is 2.74. The van der Waals surface area contributed by atoms with E-state index in [-0.39, 0.29) is 5.75 Å². The summed E-state index contributed by atoms with van der Waals surface area (Å²) in [7, 11) is -1.41. The van der Waals surface area contributed by atoms with E-state index in [1.165, 1.54) is 18.3 Å². The Labute approximate surface area is 118 Å². The van der Waals surface area contributed by atoms with E-state index in [2.05, 4.69) is 9.13 Å². The van der Waals surface area contributed by atoms with Crippen LogP contribution in [0.1, 0.15) is 26.3 Å². The van der Waals surface area contributed by atoms with Crippen LogP contribution in [0.25, 0.3) is 0 Å². The maximum Gasteiger partial charge on any atom is 0.422 e. The van der Waals surface area contributed by atoms with Crippen LogP contribution < -0.4 is 4.74 Å². The van der Waals surface area contributed by atoms with Crippen LogP contribution in [0, 0.1) is 0 Å². The summed E-state index contributed by atoms with van der Waals surface area (Å²) in [4.78, 5) is 0. The molecule has 0 bridgehead atoms. The zero-order valence-electron chi connectivity index (χ0n) is 11.4. The molecule has 0 aliphatic carbocycles. The van der Waals surface area contributed by atoms with Crippen LogP contribution >= 0.6 is 0 Å². The van der Waals surface area contributed by atoms with Crippen molar-refractivity contribution in [2.45, 2.75) is 31.7 Å². The average molecular weight is 307 g/mol. The van der Waals surface area contributed by atoms with E-state index < -0.39 is 28.5 Å².